The van der Waals surface area contributed by atoms with Crippen LogP contribution in [0.25, 0.3) is 10.9 Å². The van der Waals surface area contributed by atoms with Crippen LogP contribution in [0, 0.1) is 12.8 Å². The number of amides is 2. The van der Waals surface area contributed by atoms with Gasteiger partial charge in [0.2, 0.25) is 5.91 Å². The Labute approximate surface area is 201 Å². The van der Waals surface area contributed by atoms with Gasteiger partial charge in [0.25, 0.3) is 5.91 Å². The highest BCUT2D eigenvalue weighted by Gasteiger charge is 2.60. The van der Waals surface area contributed by atoms with Gasteiger partial charge in [0.15, 0.2) is 6.10 Å². The summed E-state index contributed by atoms with van der Waals surface area (Å²) in [5, 5.41) is 2.81. The largest absolute Gasteiger partial charge is 0.273 e. The number of anilines is 2. The molecule has 0 saturated carbocycles. The molecule has 168 valence electrons. The molecular formula is C27H20ClN3O3. The summed E-state index contributed by atoms with van der Waals surface area (Å²) in [5.41, 5.74) is 3.54. The van der Waals surface area contributed by atoms with E-state index in [0.29, 0.717) is 11.3 Å². The average Bonchev–Trinajstić information content (AvgIpc) is 3.35. The minimum atomic E-state index is -0.958. The van der Waals surface area contributed by atoms with Gasteiger partial charge in [-0.1, -0.05) is 66.2 Å². The quantitative estimate of drug-likeness (QED) is 0.303. The molecule has 3 heterocycles. The first-order chi connectivity index (χ1) is 16.5. The van der Waals surface area contributed by atoms with Gasteiger partial charge in [0, 0.05) is 10.9 Å². The smallest absolute Gasteiger partial charge is 0.266 e. The second-order valence-electron chi connectivity index (χ2n) is 8.52. The number of imide groups is 1. The van der Waals surface area contributed by atoms with E-state index in [1.807, 2.05) is 85.8 Å². The van der Waals surface area contributed by atoms with E-state index in [-0.39, 0.29) is 17.0 Å². The van der Waals surface area contributed by atoms with Crippen LogP contribution in [0.1, 0.15) is 17.2 Å². The van der Waals surface area contributed by atoms with Crippen molar-refractivity contribution in [2.45, 2.75) is 19.1 Å². The van der Waals surface area contributed by atoms with Gasteiger partial charge in [-0.25, -0.2) is 14.9 Å². The molecule has 2 saturated heterocycles. The van der Waals surface area contributed by atoms with Gasteiger partial charge in [-0.15, -0.1) is 0 Å². The molecule has 3 aromatic carbocycles. The number of hydrogen-bond donors (Lipinski definition) is 0. The lowest BCUT2D eigenvalue weighted by Gasteiger charge is -2.29. The second kappa shape index (κ2) is 7.94. The van der Waals surface area contributed by atoms with Crippen molar-refractivity contribution in [1.82, 2.24) is 4.98 Å². The number of rotatable bonds is 3. The fraction of sp³-hybridized carbons (Fsp3) is 0.148. The molecule has 0 radical (unpaired) electrons. The van der Waals surface area contributed by atoms with Gasteiger partial charge in [0.1, 0.15) is 11.1 Å². The average molecular weight is 470 g/mol. The SMILES string of the molecule is Cc1ccccc1N1C(=O)[C@H]2[C@@H](ON(c3ccccc3)[C@H]2c2cc3ccccc3nc2Cl)C1=O. The lowest BCUT2D eigenvalue weighted by molar-refractivity contribution is -0.126. The molecule has 6 nitrogen and oxygen atoms in total. The Morgan fingerprint density at radius 2 is 1.59 bits per heavy atom. The standard InChI is InChI=1S/C27H20ClN3O3/c1-16-9-5-8-14-21(16)30-26(32)22-23(19-15-17-10-6-7-13-20(17)29-25(19)28)31(34-24(22)27(30)33)18-11-3-2-4-12-18/h2-15,22-24H,1H3/t22-,23+,24-/m1/s1. The summed E-state index contributed by atoms with van der Waals surface area (Å²) in [6, 6.07) is 25.7. The van der Waals surface area contributed by atoms with Gasteiger partial charge in [-0.3, -0.25) is 14.4 Å². The molecule has 2 amide bonds. The molecule has 0 spiro atoms. The predicted molar refractivity (Wildman–Crippen MR) is 130 cm³/mol. The van der Waals surface area contributed by atoms with Gasteiger partial charge in [0.05, 0.1) is 22.9 Å². The number of aryl methyl sites for hydroxylation is 1. The molecule has 0 N–H and O–H groups in total. The minimum absolute atomic E-state index is 0.281. The van der Waals surface area contributed by atoms with Gasteiger partial charge < -0.3 is 0 Å². The summed E-state index contributed by atoms with van der Waals surface area (Å²) in [6.45, 7) is 1.88. The second-order valence-corrected chi connectivity index (χ2v) is 8.88. The van der Waals surface area contributed by atoms with Crippen LogP contribution in [-0.2, 0) is 14.4 Å². The zero-order valence-corrected chi connectivity index (χ0v) is 19.0. The first-order valence-corrected chi connectivity index (χ1v) is 11.4. The van der Waals surface area contributed by atoms with Crippen molar-refractivity contribution in [2.75, 3.05) is 9.96 Å². The zero-order chi connectivity index (χ0) is 23.4. The van der Waals surface area contributed by atoms with Gasteiger partial charge >= 0.3 is 0 Å². The number of pyridine rings is 1. The Kier molecular flexibility index (Phi) is 4.86. The summed E-state index contributed by atoms with van der Waals surface area (Å²) in [4.78, 5) is 39.4. The van der Waals surface area contributed by atoms with Crippen molar-refractivity contribution >= 4 is 45.7 Å². The summed E-state index contributed by atoms with van der Waals surface area (Å²) < 4.78 is 0. The van der Waals surface area contributed by atoms with E-state index in [1.54, 1.807) is 11.1 Å². The van der Waals surface area contributed by atoms with Crippen LogP contribution in [0.3, 0.4) is 0 Å². The maximum absolute atomic E-state index is 13.8. The zero-order valence-electron chi connectivity index (χ0n) is 18.3. The molecule has 2 fully saturated rings. The lowest BCUT2D eigenvalue weighted by Crippen LogP contribution is -2.37. The van der Waals surface area contributed by atoms with Crippen molar-refractivity contribution in [3.05, 3.63) is 101 Å². The fourth-order valence-electron chi connectivity index (χ4n) is 4.90. The number of carbonyl (C=O) groups excluding carboxylic acids is 2. The van der Waals surface area contributed by atoms with Crippen LogP contribution in [0.4, 0.5) is 11.4 Å². The monoisotopic (exact) mass is 469 g/mol. The highest BCUT2D eigenvalue weighted by atomic mass is 35.5. The number of para-hydroxylation sites is 3. The Morgan fingerprint density at radius 1 is 0.882 bits per heavy atom. The van der Waals surface area contributed by atoms with E-state index in [1.165, 1.54) is 4.90 Å². The minimum Gasteiger partial charge on any atom is -0.273 e. The third-order valence-electron chi connectivity index (χ3n) is 6.51. The van der Waals surface area contributed by atoms with E-state index >= 15 is 0 Å². The van der Waals surface area contributed by atoms with Crippen LogP contribution in [0.2, 0.25) is 5.15 Å². The van der Waals surface area contributed by atoms with E-state index < -0.39 is 18.1 Å². The Bertz CT molecular complexity index is 1440. The molecule has 0 bridgehead atoms. The number of nitrogens with zero attached hydrogens (tertiary/aromatic N) is 3. The van der Waals surface area contributed by atoms with Crippen LogP contribution in [-0.4, -0.2) is 22.9 Å². The number of hydrogen-bond acceptors (Lipinski definition) is 5. The van der Waals surface area contributed by atoms with Gasteiger partial charge in [-0.05, 0) is 42.8 Å². The number of halogens is 1. The summed E-state index contributed by atoms with van der Waals surface area (Å²) in [5.74, 6) is -1.46. The number of hydroxylamine groups is 1. The maximum Gasteiger partial charge on any atom is 0.266 e. The molecule has 34 heavy (non-hydrogen) atoms. The van der Waals surface area contributed by atoms with Crippen LogP contribution < -0.4 is 9.96 Å². The molecule has 4 aromatic rings. The summed E-state index contributed by atoms with van der Waals surface area (Å²) in [7, 11) is 0. The highest BCUT2D eigenvalue weighted by molar-refractivity contribution is 6.31. The topological polar surface area (TPSA) is 62.7 Å². The number of carbonyl (C=O) groups is 2. The summed E-state index contributed by atoms with van der Waals surface area (Å²) in [6.07, 6.45) is -0.958. The first kappa shape index (κ1) is 20.8. The Morgan fingerprint density at radius 3 is 2.38 bits per heavy atom. The fourth-order valence-corrected chi connectivity index (χ4v) is 5.15. The maximum atomic E-state index is 13.8. The number of benzene rings is 3. The van der Waals surface area contributed by atoms with E-state index in [2.05, 4.69) is 4.98 Å². The Balaban J connectivity index is 1.51. The highest BCUT2D eigenvalue weighted by Crippen LogP contribution is 2.49. The molecule has 7 heteroatoms. The number of aromatic nitrogens is 1. The van der Waals surface area contributed by atoms with Crippen molar-refractivity contribution in [2.24, 2.45) is 5.92 Å². The molecular weight excluding hydrogens is 450 g/mol. The van der Waals surface area contributed by atoms with E-state index in [0.717, 1.165) is 22.2 Å². The number of fused-ring (bicyclic) bond motifs is 2. The molecule has 0 aliphatic carbocycles. The normalized spacial score (nSPS) is 22.0. The molecule has 2 aliphatic heterocycles. The molecule has 3 atom stereocenters. The third-order valence-corrected chi connectivity index (χ3v) is 6.81. The molecule has 0 unspecified atom stereocenters. The summed E-state index contributed by atoms with van der Waals surface area (Å²) >= 11 is 6.69. The predicted octanol–water partition coefficient (Wildman–Crippen LogP) is 5.25. The van der Waals surface area contributed by atoms with Crippen molar-refractivity contribution < 1.29 is 14.4 Å². The van der Waals surface area contributed by atoms with Crippen molar-refractivity contribution in [1.29, 1.82) is 0 Å². The molecule has 1 aromatic heterocycles. The van der Waals surface area contributed by atoms with Crippen LogP contribution >= 0.6 is 11.6 Å². The van der Waals surface area contributed by atoms with Crippen LogP contribution in [0.15, 0.2) is 84.9 Å². The third kappa shape index (κ3) is 3.10. The Hall–Kier alpha value is -3.74. The lowest BCUT2D eigenvalue weighted by atomic mass is 9.90. The first-order valence-electron chi connectivity index (χ1n) is 11.0. The van der Waals surface area contributed by atoms with E-state index in [9.17, 15) is 9.59 Å². The van der Waals surface area contributed by atoms with Gasteiger partial charge in [-0.2, -0.15) is 0 Å². The molecule has 6 rings (SSSR count). The molecule has 2 aliphatic rings. The van der Waals surface area contributed by atoms with Crippen LogP contribution in [0.5, 0.6) is 0 Å². The van der Waals surface area contributed by atoms with Crippen molar-refractivity contribution in [3.63, 3.8) is 0 Å². The van der Waals surface area contributed by atoms with Crippen molar-refractivity contribution in [3.8, 4) is 0 Å². The van der Waals surface area contributed by atoms with E-state index in [4.69, 9.17) is 16.4 Å².